The Bertz CT molecular complexity index is 628. The Balaban J connectivity index is 2.15. The van der Waals surface area contributed by atoms with E-state index in [0.717, 1.165) is 24.8 Å². The highest BCUT2D eigenvalue weighted by atomic mass is 32.2. The number of nitrogens with zero attached hydrogens (tertiary/aromatic N) is 1. The minimum atomic E-state index is -0.0397. The molecule has 1 N–H and O–H groups in total. The molecule has 1 aliphatic rings. The van der Waals surface area contributed by atoms with Crippen molar-refractivity contribution in [1.29, 1.82) is 0 Å². The highest BCUT2D eigenvalue weighted by Gasteiger charge is 2.31. The summed E-state index contributed by atoms with van der Waals surface area (Å²) in [4.78, 5) is 14.7. The van der Waals surface area contributed by atoms with Gasteiger partial charge < -0.3 is 9.84 Å². The van der Waals surface area contributed by atoms with Crippen molar-refractivity contribution in [1.82, 2.24) is 4.90 Å². The summed E-state index contributed by atoms with van der Waals surface area (Å²) < 4.78 is 5.98. The molecule has 0 atom stereocenters. The molecule has 0 aromatic heterocycles. The molecule has 1 aliphatic heterocycles. The van der Waals surface area contributed by atoms with E-state index in [1.807, 2.05) is 6.92 Å². The molecule has 0 unspecified atom stereocenters. The summed E-state index contributed by atoms with van der Waals surface area (Å²) in [6.45, 7) is 5.13. The van der Waals surface area contributed by atoms with Gasteiger partial charge in [-0.3, -0.25) is 9.69 Å². The third kappa shape index (κ3) is 4.48. The van der Waals surface area contributed by atoms with Crippen LogP contribution in [0.2, 0.25) is 0 Å². The number of rotatable bonds is 7. The van der Waals surface area contributed by atoms with Gasteiger partial charge in [-0.2, -0.15) is 0 Å². The molecule has 2 rings (SSSR count). The van der Waals surface area contributed by atoms with E-state index in [4.69, 9.17) is 17.0 Å². The van der Waals surface area contributed by atoms with Crippen LogP contribution in [0.1, 0.15) is 38.7 Å². The number of ether oxygens (including phenoxy) is 1. The largest absolute Gasteiger partial charge is 0.504 e. The molecule has 23 heavy (non-hydrogen) atoms. The molecule has 1 aromatic carbocycles. The number of carbonyl (C=O) groups excluding carboxylic acids is 1. The molecule has 0 aliphatic carbocycles. The zero-order valence-electron chi connectivity index (χ0n) is 13.4. The van der Waals surface area contributed by atoms with Crippen molar-refractivity contribution in [2.45, 2.75) is 33.1 Å². The van der Waals surface area contributed by atoms with E-state index in [1.165, 1.54) is 11.8 Å². The Morgan fingerprint density at radius 1 is 1.35 bits per heavy atom. The van der Waals surface area contributed by atoms with Crippen molar-refractivity contribution in [3.63, 3.8) is 0 Å². The van der Waals surface area contributed by atoms with Gasteiger partial charge in [0.15, 0.2) is 11.5 Å². The smallest absolute Gasteiger partial charge is 0.266 e. The monoisotopic (exact) mass is 351 g/mol. The number of thioether (sulfide) groups is 1. The first-order valence-corrected chi connectivity index (χ1v) is 9.00. The van der Waals surface area contributed by atoms with Crippen LogP contribution in [0.4, 0.5) is 0 Å². The minimum absolute atomic E-state index is 0.0397. The molecule has 124 valence electrons. The maximum absolute atomic E-state index is 12.5. The Labute approximate surface area is 146 Å². The molecule has 0 saturated carbocycles. The van der Waals surface area contributed by atoms with Crippen molar-refractivity contribution in [2.24, 2.45) is 0 Å². The van der Waals surface area contributed by atoms with Crippen LogP contribution in [0.3, 0.4) is 0 Å². The fraction of sp³-hybridized carbons (Fsp3) is 0.412. The molecule has 1 fully saturated rings. The van der Waals surface area contributed by atoms with Crippen molar-refractivity contribution >= 4 is 40.3 Å². The van der Waals surface area contributed by atoms with Crippen molar-refractivity contribution < 1.29 is 14.6 Å². The van der Waals surface area contributed by atoms with Gasteiger partial charge >= 0.3 is 0 Å². The normalized spacial score (nSPS) is 16.4. The van der Waals surface area contributed by atoms with Gasteiger partial charge in [0.05, 0.1) is 11.5 Å². The lowest BCUT2D eigenvalue weighted by molar-refractivity contribution is -0.122. The van der Waals surface area contributed by atoms with Crippen molar-refractivity contribution in [3.05, 3.63) is 28.7 Å². The summed E-state index contributed by atoms with van der Waals surface area (Å²) in [5.41, 5.74) is 0.806. The van der Waals surface area contributed by atoms with E-state index in [2.05, 4.69) is 6.92 Å². The lowest BCUT2D eigenvalue weighted by Gasteiger charge is -2.13. The van der Waals surface area contributed by atoms with E-state index < -0.39 is 0 Å². The van der Waals surface area contributed by atoms with E-state index in [1.54, 1.807) is 29.2 Å². The summed E-state index contributed by atoms with van der Waals surface area (Å²) in [6.07, 6.45) is 4.95. The van der Waals surface area contributed by atoms with Crippen LogP contribution in [0, 0.1) is 0 Å². The van der Waals surface area contributed by atoms with E-state index >= 15 is 0 Å². The molecule has 4 nitrogen and oxygen atoms in total. The van der Waals surface area contributed by atoms with Gasteiger partial charge in [-0.05, 0) is 37.1 Å². The maximum atomic E-state index is 12.5. The fourth-order valence-electron chi connectivity index (χ4n) is 2.26. The molecule has 1 amide bonds. The summed E-state index contributed by atoms with van der Waals surface area (Å²) in [6, 6.07) is 5.04. The van der Waals surface area contributed by atoms with Crippen LogP contribution in [0.25, 0.3) is 6.08 Å². The van der Waals surface area contributed by atoms with Gasteiger partial charge in [-0.1, -0.05) is 49.8 Å². The number of amides is 1. The van der Waals surface area contributed by atoms with Crippen LogP contribution in [0.15, 0.2) is 23.1 Å². The number of hydrogen-bond acceptors (Lipinski definition) is 5. The number of aromatic hydroxyl groups is 1. The van der Waals surface area contributed by atoms with Gasteiger partial charge in [0.25, 0.3) is 5.91 Å². The zero-order chi connectivity index (χ0) is 16.8. The third-order valence-electron chi connectivity index (χ3n) is 3.44. The molecule has 0 spiro atoms. The number of carbonyl (C=O) groups is 1. The van der Waals surface area contributed by atoms with Gasteiger partial charge in [0.2, 0.25) is 0 Å². The maximum Gasteiger partial charge on any atom is 0.266 e. The van der Waals surface area contributed by atoms with Crippen LogP contribution < -0.4 is 4.74 Å². The number of unbranched alkanes of at least 4 members (excludes halogenated alkanes) is 2. The number of thiocarbonyl (C=S) groups is 1. The van der Waals surface area contributed by atoms with Crippen molar-refractivity contribution in [3.8, 4) is 11.5 Å². The Morgan fingerprint density at radius 3 is 2.83 bits per heavy atom. The molecular weight excluding hydrogens is 330 g/mol. The first kappa shape index (κ1) is 17.8. The molecule has 1 saturated heterocycles. The highest BCUT2D eigenvalue weighted by molar-refractivity contribution is 8.26. The molecule has 1 aromatic rings. The average Bonchev–Trinajstić information content (AvgIpc) is 2.78. The van der Waals surface area contributed by atoms with Crippen LogP contribution >= 0.6 is 24.0 Å². The predicted octanol–water partition coefficient (Wildman–Crippen LogP) is 4.18. The Hall–Kier alpha value is -1.53. The van der Waals surface area contributed by atoms with Crippen molar-refractivity contribution in [2.75, 3.05) is 13.2 Å². The predicted molar refractivity (Wildman–Crippen MR) is 98.7 cm³/mol. The summed E-state index contributed by atoms with van der Waals surface area (Å²) in [5, 5.41) is 9.74. The lowest BCUT2D eigenvalue weighted by atomic mass is 10.2. The lowest BCUT2D eigenvalue weighted by Crippen LogP contribution is -2.28. The Kier molecular flexibility index (Phi) is 6.47. The van der Waals surface area contributed by atoms with E-state index in [-0.39, 0.29) is 11.7 Å². The second-order valence-electron chi connectivity index (χ2n) is 5.20. The first-order chi connectivity index (χ1) is 11.1. The van der Waals surface area contributed by atoms with Crippen LogP contribution in [-0.4, -0.2) is 33.4 Å². The molecule has 6 heteroatoms. The van der Waals surface area contributed by atoms with Gasteiger partial charge in [-0.15, -0.1) is 0 Å². The Morgan fingerprint density at radius 2 is 2.13 bits per heavy atom. The molecule has 0 radical (unpaired) electrons. The van der Waals surface area contributed by atoms with E-state index in [9.17, 15) is 9.90 Å². The third-order valence-corrected chi connectivity index (χ3v) is 4.82. The number of phenols is 1. The van der Waals surface area contributed by atoms with Gasteiger partial charge in [-0.25, -0.2) is 0 Å². The zero-order valence-corrected chi connectivity index (χ0v) is 15.0. The molecule has 1 heterocycles. The summed E-state index contributed by atoms with van der Waals surface area (Å²) in [5.74, 6) is 0.470. The number of benzene rings is 1. The quantitative estimate of drug-likeness (QED) is 0.454. The van der Waals surface area contributed by atoms with Crippen LogP contribution in [0.5, 0.6) is 11.5 Å². The standard InChI is InChI=1S/C17H21NO3S2/c1-3-5-6-9-18-16(20)15(23-17(18)22)11-12-7-8-13(19)14(10-12)21-4-2/h7-8,10-11,19H,3-6,9H2,1-2H3. The second-order valence-corrected chi connectivity index (χ2v) is 6.88. The fourth-order valence-corrected chi connectivity index (χ4v) is 3.56. The SMILES string of the molecule is CCCCCN1C(=O)C(=Cc2ccc(O)c(OCC)c2)SC1=S. The second kappa shape index (κ2) is 8.36. The number of hydrogen-bond donors (Lipinski definition) is 1. The topological polar surface area (TPSA) is 49.8 Å². The van der Waals surface area contributed by atoms with Gasteiger partial charge in [0, 0.05) is 6.54 Å². The summed E-state index contributed by atoms with van der Waals surface area (Å²) in [7, 11) is 0. The molecule has 0 bridgehead atoms. The van der Waals surface area contributed by atoms with E-state index in [0.29, 0.717) is 28.1 Å². The minimum Gasteiger partial charge on any atom is -0.504 e. The van der Waals surface area contributed by atoms with Crippen LogP contribution in [-0.2, 0) is 4.79 Å². The molecular formula is C17H21NO3S2. The average molecular weight is 351 g/mol. The highest BCUT2D eigenvalue weighted by Crippen LogP contribution is 2.34. The first-order valence-electron chi connectivity index (χ1n) is 7.78. The summed E-state index contributed by atoms with van der Waals surface area (Å²) >= 11 is 6.63. The van der Waals surface area contributed by atoms with Gasteiger partial charge in [0.1, 0.15) is 4.32 Å². The number of phenolic OH excluding ortho intramolecular Hbond substituents is 1.